The van der Waals surface area contributed by atoms with Crippen LogP contribution in [0.1, 0.15) is 19.8 Å². The van der Waals surface area contributed by atoms with Crippen LogP contribution in [0.5, 0.6) is 0 Å². The monoisotopic (exact) mass is 156 g/mol. The molecule has 3 heteroatoms. The number of rotatable bonds is 1. The Balaban J connectivity index is 0.000000207. The zero-order chi connectivity index (χ0) is 8.85. The Labute approximate surface area is 66.0 Å². The van der Waals surface area contributed by atoms with Crippen molar-refractivity contribution in [1.82, 2.24) is 0 Å². The summed E-state index contributed by atoms with van der Waals surface area (Å²) in [6.07, 6.45) is 1.69. The number of carbonyl (C=O) groups excluding carboxylic acids is 2. The summed E-state index contributed by atoms with van der Waals surface area (Å²) < 4.78 is 4.27. The zero-order valence-corrected chi connectivity index (χ0v) is 6.85. The van der Waals surface area contributed by atoms with Crippen molar-refractivity contribution < 1.29 is 14.3 Å². The Kier molecular flexibility index (Phi) is 4.18. The number of hydrogen-bond acceptors (Lipinski definition) is 3. The lowest BCUT2D eigenvalue weighted by atomic mass is 10.4. The molecule has 1 saturated carbocycles. The van der Waals surface area contributed by atoms with E-state index in [1.54, 1.807) is 6.92 Å². The van der Waals surface area contributed by atoms with E-state index >= 15 is 0 Å². The lowest BCUT2D eigenvalue weighted by Gasteiger charge is -1.91. The molecule has 0 amide bonds. The molecule has 0 atom stereocenters. The van der Waals surface area contributed by atoms with Crippen molar-refractivity contribution >= 4 is 11.8 Å². The van der Waals surface area contributed by atoms with Crippen molar-refractivity contribution in [3.8, 4) is 0 Å². The van der Waals surface area contributed by atoms with Gasteiger partial charge in [-0.1, -0.05) is 6.58 Å². The van der Waals surface area contributed by atoms with E-state index in [0.29, 0.717) is 11.4 Å². The summed E-state index contributed by atoms with van der Waals surface area (Å²) in [5.74, 6) is 0.0694. The van der Waals surface area contributed by atoms with Gasteiger partial charge in [-0.15, -0.1) is 0 Å². The number of carbonyl (C=O) groups is 2. The van der Waals surface area contributed by atoms with Crippen molar-refractivity contribution in [1.29, 1.82) is 0 Å². The van der Waals surface area contributed by atoms with E-state index in [-0.39, 0.29) is 5.97 Å². The Bertz CT molecular complexity index is 176. The number of hydrogen-bond donors (Lipinski definition) is 0. The predicted octanol–water partition coefficient (Wildman–Crippen LogP) is 1.08. The first kappa shape index (κ1) is 9.88. The second kappa shape index (κ2) is 4.66. The first-order chi connectivity index (χ1) is 5.07. The highest BCUT2D eigenvalue weighted by atomic mass is 16.5. The average Bonchev–Trinajstić information content (AvgIpc) is 2.71. The second-order valence-electron chi connectivity index (χ2n) is 2.31. The van der Waals surface area contributed by atoms with Gasteiger partial charge >= 0.3 is 5.97 Å². The van der Waals surface area contributed by atoms with Crippen molar-refractivity contribution in [3.63, 3.8) is 0 Å². The van der Waals surface area contributed by atoms with Crippen LogP contribution < -0.4 is 0 Å². The quantitative estimate of drug-likeness (QED) is 0.421. The van der Waals surface area contributed by atoms with Crippen LogP contribution in [-0.4, -0.2) is 18.9 Å². The molecular formula is C8H12O3. The van der Waals surface area contributed by atoms with Crippen molar-refractivity contribution in [2.45, 2.75) is 19.8 Å². The molecule has 62 valence electrons. The van der Waals surface area contributed by atoms with E-state index in [0.717, 1.165) is 12.8 Å². The summed E-state index contributed by atoms with van der Waals surface area (Å²) in [4.78, 5) is 19.7. The summed E-state index contributed by atoms with van der Waals surface area (Å²) in [6.45, 7) is 4.95. The predicted molar refractivity (Wildman–Crippen MR) is 41.1 cm³/mol. The van der Waals surface area contributed by atoms with E-state index in [2.05, 4.69) is 11.3 Å². The molecule has 0 unspecified atom stereocenters. The number of esters is 1. The van der Waals surface area contributed by atoms with Crippen molar-refractivity contribution in [2.24, 2.45) is 0 Å². The molecule has 0 aliphatic heterocycles. The minimum absolute atomic E-state index is 0.347. The third kappa shape index (κ3) is 6.77. The molecule has 0 spiro atoms. The van der Waals surface area contributed by atoms with Crippen molar-refractivity contribution in [3.05, 3.63) is 12.2 Å². The summed E-state index contributed by atoms with van der Waals surface area (Å²) in [5, 5.41) is 0. The van der Waals surface area contributed by atoms with Gasteiger partial charge in [0, 0.05) is 18.4 Å². The van der Waals surface area contributed by atoms with Gasteiger partial charge < -0.3 is 4.74 Å². The molecule has 1 aliphatic rings. The van der Waals surface area contributed by atoms with Crippen LogP contribution in [0.2, 0.25) is 0 Å². The van der Waals surface area contributed by atoms with Crippen LogP contribution >= 0.6 is 0 Å². The molecule has 1 rings (SSSR count). The molecule has 0 N–H and O–H groups in total. The Morgan fingerprint density at radius 3 is 1.91 bits per heavy atom. The van der Waals surface area contributed by atoms with Gasteiger partial charge in [0.1, 0.15) is 5.78 Å². The van der Waals surface area contributed by atoms with Gasteiger partial charge in [-0.3, -0.25) is 4.79 Å². The smallest absolute Gasteiger partial charge is 0.332 e. The summed E-state index contributed by atoms with van der Waals surface area (Å²) >= 11 is 0. The molecule has 0 aromatic rings. The molecule has 0 radical (unpaired) electrons. The van der Waals surface area contributed by atoms with E-state index in [9.17, 15) is 9.59 Å². The van der Waals surface area contributed by atoms with Crippen molar-refractivity contribution in [2.75, 3.05) is 7.11 Å². The van der Waals surface area contributed by atoms with E-state index in [4.69, 9.17) is 0 Å². The van der Waals surface area contributed by atoms with Crippen LogP contribution in [0.3, 0.4) is 0 Å². The van der Waals surface area contributed by atoms with Crippen LogP contribution in [0, 0.1) is 0 Å². The Hall–Kier alpha value is -1.12. The highest BCUT2D eigenvalue weighted by Crippen LogP contribution is 2.08. The van der Waals surface area contributed by atoms with Gasteiger partial charge in [0.2, 0.25) is 0 Å². The molecule has 0 aromatic carbocycles. The topological polar surface area (TPSA) is 43.4 Å². The summed E-state index contributed by atoms with van der Waals surface area (Å²) in [6, 6.07) is 0. The maximum absolute atomic E-state index is 10.2. The molecule has 11 heavy (non-hydrogen) atoms. The minimum atomic E-state index is -0.347. The third-order valence-electron chi connectivity index (χ3n) is 0.988. The van der Waals surface area contributed by atoms with Gasteiger partial charge in [0.15, 0.2) is 0 Å². The van der Waals surface area contributed by atoms with Crippen LogP contribution in [0.15, 0.2) is 12.2 Å². The van der Waals surface area contributed by atoms with Gasteiger partial charge in [0.25, 0.3) is 0 Å². The highest BCUT2D eigenvalue weighted by Gasteiger charge is 2.13. The molecule has 0 bridgehead atoms. The number of ether oxygens (including phenoxy) is 1. The number of Topliss-reactive ketones (excluding diaryl/α,β-unsaturated/α-hetero) is 1. The fourth-order valence-electron chi connectivity index (χ4n) is 0.225. The van der Waals surface area contributed by atoms with E-state index in [1.807, 2.05) is 0 Å². The summed E-state index contributed by atoms with van der Waals surface area (Å²) in [7, 11) is 1.33. The Morgan fingerprint density at radius 1 is 1.55 bits per heavy atom. The normalized spacial score (nSPS) is 12.7. The van der Waals surface area contributed by atoms with Gasteiger partial charge in [-0.25, -0.2) is 4.79 Å². The number of ketones is 1. The molecule has 1 aliphatic carbocycles. The first-order valence-corrected chi connectivity index (χ1v) is 3.33. The molecule has 3 nitrogen and oxygen atoms in total. The van der Waals surface area contributed by atoms with E-state index < -0.39 is 0 Å². The Morgan fingerprint density at radius 2 is 1.91 bits per heavy atom. The standard InChI is InChI=1S/C5H8O2.C3H4O/c1-4(2)5(6)7-3;4-3-1-2-3/h1H2,2-3H3;1-2H2. The third-order valence-corrected chi connectivity index (χ3v) is 0.988. The fraction of sp³-hybridized carbons (Fsp3) is 0.500. The lowest BCUT2D eigenvalue weighted by Crippen LogP contribution is -1.98. The lowest BCUT2D eigenvalue weighted by molar-refractivity contribution is -0.136. The number of methoxy groups -OCH3 is 1. The zero-order valence-electron chi connectivity index (χ0n) is 6.85. The summed E-state index contributed by atoms with van der Waals surface area (Å²) in [5.41, 5.74) is 0.433. The van der Waals surface area contributed by atoms with Gasteiger partial charge in [-0.05, 0) is 6.92 Å². The maximum atomic E-state index is 10.2. The SMILES string of the molecule is C=C(C)C(=O)OC.O=C1CC1. The molecule has 1 fully saturated rings. The minimum Gasteiger partial charge on any atom is -0.466 e. The maximum Gasteiger partial charge on any atom is 0.332 e. The average molecular weight is 156 g/mol. The highest BCUT2D eigenvalue weighted by molar-refractivity contribution is 5.92. The van der Waals surface area contributed by atoms with Crippen LogP contribution in [-0.2, 0) is 14.3 Å². The van der Waals surface area contributed by atoms with Gasteiger partial charge in [-0.2, -0.15) is 0 Å². The van der Waals surface area contributed by atoms with Gasteiger partial charge in [0.05, 0.1) is 7.11 Å². The van der Waals surface area contributed by atoms with Crippen LogP contribution in [0.25, 0.3) is 0 Å². The fourth-order valence-corrected chi connectivity index (χ4v) is 0.225. The molecule has 0 aromatic heterocycles. The largest absolute Gasteiger partial charge is 0.466 e. The first-order valence-electron chi connectivity index (χ1n) is 3.33. The molecular weight excluding hydrogens is 144 g/mol. The molecule has 0 saturated heterocycles. The molecule has 0 heterocycles. The second-order valence-corrected chi connectivity index (χ2v) is 2.31. The van der Waals surface area contributed by atoms with E-state index in [1.165, 1.54) is 7.11 Å². The van der Waals surface area contributed by atoms with Crippen LogP contribution in [0.4, 0.5) is 0 Å².